The standard InChI is InChI=1S/C17H27NO/c1-13(11-14(2)19)12-18-17-10-6-4-8-15-7-3-5-9-16(15)17/h3,5,7,9,13-14,17-19H,4,6,8,10-12H2,1-2H3. The molecule has 0 amide bonds. The second-order valence-corrected chi connectivity index (χ2v) is 6.10. The van der Waals surface area contributed by atoms with Crippen molar-refractivity contribution in [2.75, 3.05) is 6.54 Å². The molecule has 2 heteroatoms. The zero-order valence-corrected chi connectivity index (χ0v) is 12.2. The number of aryl methyl sites for hydroxylation is 1. The van der Waals surface area contributed by atoms with E-state index in [0.717, 1.165) is 13.0 Å². The molecule has 3 atom stereocenters. The molecule has 0 saturated heterocycles. The maximum Gasteiger partial charge on any atom is 0.0515 e. The quantitative estimate of drug-likeness (QED) is 0.796. The van der Waals surface area contributed by atoms with Crippen LogP contribution in [0.5, 0.6) is 0 Å². The number of rotatable bonds is 5. The van der Waals surface area contributed by atoms with Gasteiger partial charge in [-0.25, -0.2) is 0 Å². The molecule has 2 N–H and O–H groups in total. The first-order chi connectivity index (χ1) is 9.16. The average Bonchev–Trinajstić information content (AvgIpc) is 2.58. The minimum atomic E-state index is -0.196. The minimum absolute atomic E-state index is 0.196. The lowest BCUT2D eigenvalue weighted by Crippen LogP contribution is -2.28. The fraction of sp³-hybridized carbons (Fsp3) is 0.647. The van der Waals surface area contributed by atoms with Crippen LogP contribution in [0.15, 0.2) is 24.3 Å². The topological polar surface area (TPSA) is 32.3 Å². The fourth-order valence-electron chi connectivity index (χ4n) is 3.14. The number of hydrogen-bond donors (Lipinski definition) is 2. The van der Waals surface area contributed by atoms with E-state index in [4.69, 9.17) is 0 Å². The normalized spacial score (nSPS) is 22.4. The summed E-state index contributed by atoms with van der Waals surface area (Å²) in [6.45, 7) is 5.07. The zero-order chi connectivity index (χ0) is 13.7. The Bertz CT molecular complexity index is 389. The van der Waals surface area contributed by atoms with Gasteiger partial charge in [0.15, 0.2) is 0 Å². The van der Waals surface area contributed by atoms with Crippen LogP contribution in [0.4, 0.5) is 0 Å². The Morgan fingerprint density at radius 3 is 2.84 bits per heavy atom. The Morgan fingerprint density at radius 1 is 1.26 bits per heavy atom. The number of benzene rings is 1. The molecule has 0 fully saturated rings. The highest BCUT2D eigenvalue weighted by molar-refractivity contribution is 5.31. The van der Waals surface area contributed by atoms with Gasteiger partial charge >= 0.3 is 0 Å². The lowest BCUT2D eigenvalue weighted by atomic mass is 9.98. The Balaban J connectivity index is 1.96. The van der Waals surface area contributed by atoms with E-state index in [1.807, 2.05) is 6.92 Å². The molecule has 1 aromatic rings. The van der Waals surface area contributed by atoms with E-state index in [0.29, 0.717) is 12.0 Å². The van der Waals surface area contributed by atoms with E-state index >= 15 is 0 Å². The second kappa shape index (κ2) is 7.06. The molecule has 2 rings (SSSR count). The summed E-state index contributed by atoms with van der Waals surface area (Å²) in [5, 5.41) is 13.1. The first-order valence-electron chi connectivity index (χ1n) is 7.66. The molecule has 1 aromatic carbocycles. The van der Waals surface area contributed by atoms with Crippen molar-refractivity contribution in [3.05, 3.63) is 35.4 Å². The summed E-state index contributed by atoms with van der Waals surface area (Å²) in [7, 11) is 0. The predicted octanol–water partition coefficient (Wildman–Crippen LogP) is 3.45. The predicted molar refractivity (Wildman–Crippen MR) is 80.2 cm³/mol. The number of nitrogens with one attached hydrogen (secondary N) is 1. The van der Waals surface area contributed by atoms with Crippen LogP contribution in [0, 0.1) is 5.92 Å². The number of aliphatic hydroxyl groups excluding tert-OH is 1. The Morgan fingerprint density at radius 2 is 2.05 bits per heavy atom. The smallest absolute Gasteiger partial charge is 0.0515 e. The lowest BCUT2D eigenvalue weighted by Gasteiger charge is -2.22. The van der Waals surface area contributed by atoms with E-state index in [1.54, 1.807) is 0 Å². The highest BCUT2D eigenvalue weighted by Crippen LogP contribution is 2.28. The van der Waals surface area contributed by atoms with Crippen LogP contribution < -0.4 is 5.32 Å². The molecule has 0 radical (unpaired) electrons. The van der Waals surface area contributed by atoms with Crippen molar-refractivity contribution >= 4 is 0 Å². The second-order valence-electron chi connectivity index (χ2n) is 6.10. The fourth-order valence-corrected chi connectivity index (χ4v) is 3.14. The highest BCUT2D eigenvalue weighted by Gasteiger charge is 2.18. The van der Waals surface area contributed by atoms with Crippen LogP contribution in [-0.2, 0) is 6.42 Å². The molecular weight excluding hydrogens is 234 g/mol. The van der Waals surface area contributed by atoms with Gasteiger partial charge in [-0.05, 0) is 56.2 Å². The number of hydrogen-bond acceptors (Lipinski definition) is 2. The van der Waals surface area contributed by atoms with E-state index in [-0.39, 0.29) is 6.10 Å². The highest BCUT2D eigenvalue weighted by atomic mass is 16.3. The van der Waals surface area contributed by atoms with Crippen molar-refractivity contribution in [1.29, 1.82) is 0 Å². The summed E-state index contributed by atoms with van der Waals surface area (Å²) >= 11 is 0. The summed E-state index contributed by atoms with van der Waals surface area (Å²) in [5.41, 5.74) is 3.00. The monoisotopic (exact) mass is 261 g/mol. The molecule has 19 heavy (non-hydrogen) atoms. The van der Waals surface area contributed by atoms with Gasteiger partial charge in [-0.3, -0.25) is 0 Å². The average molecular weight is 261 g/mol. The van der Waals surface area contributed by atoms with Crippen LogP contribution >= 0.6 is 0 Å². The Kier molecular flexibility index (Phi) is 5.41. The summed E-state index contributed by atoms with van der Waals surface area (Å²) < 4.78 is 0. The van der Waals surface area contributed by atoms with Gasteiger partial charge in [-0.1, -0.05) is 37.6 Å². The largest absolute Gasteiger partial charge is 0.393 e. The van der Waals surface area contributed by atoms with Gasteiger partial charge in [0.1, 0.15) is 0 Å². The molecule has 0 aromatic heterocycles. The van der Waals surface area contributed by atoms with Crippen molar-refractivity contribution in [2.45, 2.75) is 58.1 Å². The van der Waals surface area contributed by atoms with E-state index in [1.165, 1.54) is 36.8 Å². The molecule has 2 nitrogen and oxygen atoms in total. The van der Waals surface area contributed by atoms with Crippen molar-refractivity contribution < 1.29 is 5.11 Å². The van der Waals surface area contributed by atoms with Crippen LogP contribution in [0.25, 0.3) is 0 Å². The van der Waals surface area contributed by atoms with Gasteiger partial charge in [-0.15, -0.1) is 0 Å². The summed E-state index contributed by atoms with van der Waals surface area (Å²) in [6.07, 6.45) is 5.74. The molecule has 106 valence electrons. The van der Waals surface area contributed by atoms with Gasteiger partial charge < -0.3 is 10.4 Å². The van der Waals surface area contributed by atoms with Gasteiger partial charge in [0.2, 0.25) is 0 Å². The van der Waals surface area contributed by atoms with Crippen molar-refractivity contribution in [2.24, 2.45) is 5.92 Å². The van der Waals surface area contributed by atoms with Crippen LogP contribution in [0.1, 0.15) is 56.7 Å². The molecule has 1 aliphatic carbocycles. The van der Waals surface area contributed by atoms with E-state index in [2.05, 4.69) is 36.5 Å². The van der Waals surface area contributed by atoms with Crippen LogP contribution in [-0.4, -0.2) is 17.8 Å². The summed E-state index contributed by atoms with van der Waals surface area (Å²) in [4.78, 5) is 0. The van der Waals surface area contributed by atoms with Gasteiger partial charge in [0, 0.05) is 6.04 Å². The lowest BCUT2D eigenvalue weighted by molar-refractivity contribution is 0.162. The van der Waals surface area contributed by atoms with Crippen LogP contribution in [0.2, 0.25) is 0 Å². The zero-order valence-electron chi connectivity index (χ0n) is 12.2. The van der Waals surface area contributed by atoms with Gasteiger partial charge in [-0.2, -0.15) is 0 Å². The molecule has 1 aliphatic rings. The summed E-state index contributed by atoms with van der Waals surface area (Å²) in [6, 6.07) is 9.34. The number of fused-ring (bicyclic) bond motifs is 1. The van der Waals surface area contributed by atoms with Crippen molar-refractivity contribution in [1.82, 2.24) is 5.32 Å². The third-order valence-corrected chi connectivity index (χ3v) is 4.08. The van der Waals surface area contributed by atoms with E-state index < -0.39 is 0 Å². The SMILES string of the molecule is CC(O)CC(C)CNC1CCCCc2ccccc21. The first-order valence-corrected chi connectivity index (χ1v) is 7.66. The first kappa shape index (κ1) is 14.5. The molecule has 0 heterocycles. The van der Waals surface area contributed by atoms with E-state index in [9.17, 15) is 5.11 Å². The molecular formula is C17H27NO. The van der Waals surface area contributed by atoms with Gasteiger partial charge in [0.25, 0.3) is 0 Å². The van der Waals surface area contributed by atoms with Crippen molar-refractivity contribution in [3.63, 3.8) is 0 Å². The molecule has 0 spiro atoms. The maximum atomic E-state index is 9.43. The third kappa shape index (κ3) is 4.32. The molecule has 3 unspecified atom stereocenters. The number of aliphatic hydroxyl groups is 1. The Labute approximate surface area is 117 Å². The third-order valence-electron chi connectivity index (χ3n) is 4.08. The minimum Gasteiger partial charge on any atom is -0.393 e. The Hall–Kier alpha value is -0.860. The molecule has 0 bridgehead atoms. The van der Waals surface area contributed by atoms with Crippen molar-refractivity contribution in [3.8, 4) is 0 Å². The summed E-state index contributed by atoms with van der Waals surface area (Å²) in [5.74, 6) is 0.524. The van der Waals surface area contributed by atoms with Gasteiger partial charge in [0.05, 0.1) is 6.10 Å². The maximum absolute atomic E-state index is 9.43. The molecule has 0 aliphatic heterocycles. The molecule has 0 saturated carbocycles. The van der Waals surface area contributed by atoms with Crippen LogP contribution in [0.3, 0.4) is 0 Å².